The average Bonchev–Trinajstić information content (AvgIpc) is 0.808. The van der Waals surface area contributed by atoms with Gasteiger partial charge >= 0.3 is 6.03 Å². The van der Waals surface area contributed by atoms with E-state index < -0.39 is 153 Å². The highest BCUT2D eigenvalue weighted by Crippen LogP contribution is 2.39. The van der Waals surface area contributed by atoms with Gasteiger partial charge in [0.25, 0.3) is 84.3 Å². The van der Waals surface area contributed by atoms with E-state index in [0.717, 1.165) is 12.1 Å². The van der Waals surface area contributed by atoms with Gasteiger partial charge in [-0.2, -0.15) is 50.5 Å². The van der Waals surface area contributed by atoms with Crippen molar-refractivity contribution in [2.75, 3.05) is 31.9 Å². The van der Waals surface area contributed by atoms with Crippen LogP contribution >= 0.6 is 0 Å². The van der Waals surface area contributed by atoms with Crippen molar-refractivity contribution >= 4 is 146 Å². The molecule has 0 saturated heterocycles. The van der Waals surface area contributed by atoms with Crippen LogP contribution in [-0.4, -0.2) is 107 Å². The first-order valence-electron chi connectivity index (χ1n) is 23.6. The van der Waals surface area contributed by atoms with E-state index in [1.807, 2.05) is 0 Å². The van der Waals surface area contributed by atoms with E-state index in [9.17, 15) is 102 Å². The van der Waals surface area contributed by atoms with Gasteiger partial charge in [-0.3, -0.25) is 46.5 Å². The lowest BCUT2D eigenvalue weighted by Crippen LogP contribution is -2.21. The number of urea groups is 1. The highest BCUT2D eigenvalue weighted by atomic mass is 32.2. The maximum atomic E-state index is 13.7. The molecule has 8 aromatic rings. The predicted octanol–water partition coefficient (Wildman–Crippen LogP) is 7.12. The van der Waals surface area contributed by atoms with E-state index in [4.69, 9.17) is 0 Å². The summed E-state index contributed by atoms with van der Waals surface area (Å²) in [6, 6.07) is 22.6. The summed E-state index contributed by atoms with van der Waals surface area (Å²) in [5.74, 6) is -3.56. The van der Waals surface area contributed by atoms with Crippen molar-refractivity contribution in [3.8, 4) is 0 Å². The number of amides is 6. The molecule has 6 amide bonds. The molecular formula is C51H44N7O23S6+. The van der Waals surface area contributed by atoms with E-state index in [1.165, 1.54) is 84.9 Å². The number of carbonyl (C=O) groups is 5. The van der Waals surface area contributed by atoms with E-state index in [-0.39, 0.29) is 51.2 Å². The zero-order chi connectivity index (χ0) is 63.4. The second-order valence-corrected chi connectivity index (χ2v) is 26.8. The van der Waals surface area contributed by atoms with Crippen LogP contribution in [0.5, 0.6) is 0 Å². The van der Waals surface area contributed by atoms with Gasteiger partial charge in [-0.15, -0.1) is 0 Å². The van der Waals surface area contributed by atoms with Crippen molar-refractivity contribution in [2.24, 2.45) is 0 Å². The number of hydrogen-bond acceptors (Lipinski definition) is 17. The van der Waals surface area contributed by atoms with Crippen molar-refractivity contribution < 1.29 is 102 Å². The molecule has 456 valence electrons. The summed E-state index contributed by atoms with van der Waals surface area (Å²) in [5, 5.41) is 11.8. The van der Waals surface area contributed by atoms with Crippen molar-refractivity contribution in [3.63, 3.8) is 0 Å². The minimum Gasteiger partial charge on any atom is -0.369 e. The van der Waals surface area contributed by atoms with Crippen molar-refractivity contribution in [2.45, 2.75) is 43.2 Å². The lowest BCUT2D eigenvalue weighted by Gasteiger charge is -2.16. The van der Waals surface area contributed by atoms with Gasteiger partial charge < -0.3 is 38.1 Å². The zero-order valence-electron chi connectivity index (χ0n) is 44.3. The van der Waals surface area contributed by atoms with Crippen LogP contribution < -0.4 is 38.1 Å². The molecule has 0 aromatic heterocycles. The standard InChI is InChI=1S/C51H40N6O23S6.H3N/c1-25-9-11-29(49(60)54-37-13-15-41(83(69,70)71)35-21-33(81(63,64)65)23-43(45(35)37)85(75,76)77)19-39(25)56-47(58)27-5-3-7-31(17-27)52-51(62)53-32-8-4-6-28(18-32)48(59)57-40-20-30(12-10-26(40)2)50(61)55-38-14-16-42(84(72,73)74)36-22-34(82(66,67)68)24-44(46(36)38)86(78,79)80;/h3-24H,1-2H3,(H,54,60)(H,55,61)(H,56,58)(H,57,59)(H2,52,53,62)(H,63,64,65)(H,66,67,68)(H,69,70,71)(H,72,73,74)(H,75,76,77)(H,78,79,80);1H3/p+1. The largest absolute Gasteiger partial charge is 0.369 e. The van der Waals surface area contributed by atoms with Crippen LogP contribution in [0.1, 0.15) is 52.6 Å². The molecule has 36 heteroatoms. The third-order valence-electron chi connectivity index (χ3n) is 12.5. The number of hydrogen-bond donors (Lipinski definition) is 13. The number of aryl methyl sites for hydroxylation is 2. The number of fused-ring (bicyclic) bond motifs is 2. The lowest BCUT2D eigenvalue weighted by atomic mass is 10.1. The van der Waals surface area contributed by atoms with Gasteiger partial charge in [-0.1, -0.05) is 24.3 Å². The number of benzene rings is 8. The highest BCUT2D eigenvalue weighted by Gasteiger charge is 2.30. The summed E-state index contributed by atoms with van der Waals surface area (Å²) < 4.78 is 206. The molecule has 0 fully saturated rings. The fourth-order valence-corrected chi connectivity index (χ4v) is 12.6. The van der Waals surface area contributed by atoms with Crippen molar-refractivity contribution in [1.82, 2.24) is 6.15 Å². The van der Waals surface area contributed by atoms with Gasteiger partial charge in [0.2, 0.25) is 0 Å². The molecule has 0 saturated carbocycles. The average molecular weight is 1320 g/mol. The van der Waals surface area contributed by atoms with E-state index >= 15 is 0 Å². The fourth-order valence-electron chi connectivity index (χ4n) is 8.50. The molecule has 0 aliphatic heterocycles. The minimum absolute atomic E-state index is 0. The molecule has 0 heterocycles. The van der Waals surface area contributed by atoms with Crippen LogP contribution in [-0.2, 0) is 60.7 Å². The fraction of sp³-hybridized carbons (Fsp3) is 0.0392. The molecule has 0 aliphatic rings. The first-order valence-corrected chi connectivity index (χ1v) is 32.2. The Labute approximate surface area is 493 Å². The quantitative estimate of drug-likeness (QED) is 0.0428. The summed E-state index contributed by atoms with van der Waals surface area (Å²) >= 11 is 0. The van der Waals surface area contributed by atoms with Gasteiger partial charge in [0.1, 0.15) is 19.6 Å². The third-order valence-corrected chi connectivity index (χ3v) is 17.7. The van der Waals surface area contributed by atoms with Gasteiger partial charge in [0.15, 0.2) is 0 Å². The Bertz CT molecular complexity index is 4710. The Balaban J connectivity index is 0.0000108. The predicted molar refractivity (Wildman–Crippen MR) is 312 cm³/mol. The van der Waals surface area contributed by atoms with Crippen LogP contribution in [0.15, 0.2) is 163 Å². The van der Waals surface area contributed by atoms with E-state index in [2.05, 4.69) is 31.9 Å². The topological polar surface area (TPSA) is 520 Å². The Morgan fingerprint density at radius 3 is 0.943 bits per heavy atom. The molecule has 0 atom stereocenters. The van der Waals surface area contributed by atoms with Crippen LogP contribution in [0.25, 0.3) is 21.5 Å². The summed E-state index contributed by atoms with van der Waals surface area (Å²) in [6.45, 7) is 3.12. The van der Waals surface area contributed by atoms with Crippen LogP contribution in [0, 0.1) is 13.8 Å². The molecule has 16 N–H and O–H groups in total. The number of carbonyl (C=O) groups excluding carboxylic acids is 5. The number of quaternary nitrogens is 1. The molecule has 0 unspecified atom stereocenters. The maximum absolute atomic E-state index is 13.7. The third kappa shape index (κ3) is 14.8. The summed E-state index contributed by atoms with van der Waals surface area (Å²) in [4.78, 5) is 60.8. The maximum Gasteiger partial charge on any atom is 0.323 e. The van der Waals surface area contributed by atoms with Crippen LogP contribution in [0.3, 0.4) is 0 Å². The molecule has 0 aliphatic carbocycles. The zero-order valence-corrected chi connectivity index (χ0v) is 49.2. The van der Waals surface area contributed by atoms with E-state index in [1.54, 1.807) is 13.8 Å². The van der Waals surface area contributed by atoms with Gasteiger partial charge in [0.05, 0.1) is 21.2 Å². The summed E-state index contributed by atoms with van der Waals surface area (Å²) in [7, 11) is -31.9. The summed E-state index contributed by atoms with van der Waals surface area (Å²) in [6.07, 6.45) is 0. The Morgan fingerprint density at radius 1 is 0.322 bits per heavy atom. The van der Waals surface area contributed by atoms with Gasteiger partial charge in [-0.25, -0.2) is 4.79 Å². The normalized spacial score (nSPS) is 12.1. The Kier molecular flexibility index (Phi) is 18.0. The first kappa shape index (κ1) is 65.4. The molecule has 0 radical (unpaired) electrons. The van der Waals surface area contributed by atoms with Crippen LogP contribution in [0.2, 0.25) is 0 Å². The lowest BCUT2D eigenvalue weighted by molar-refractivity contribution is 0.101. The molecule has 8 aromatic carbocycles. The van der Waals surface area contributed by atoms with Gasteiger partial charge in [0, 0.05) is 66.5 Å². The highest BCUT2D eigenvalue weighted by molar-refractivity contribution is 7.88. The first-order chi connectivity index (χ1) is 39.8. The minimum atomic E-state index is -5.45. The van der Waals surface area contributed by atoms with Crippen LogP contribution in [0.4, 0.5) is 38.9 Å². The SMILES string of the molecule is Cc1ccc(C(=O)Nc2ccc(S(=O)(=O)O)c3cc(S(=O)(=O)O)cc(S(=O)(=O)O)c23)cc1NC(=O)c1cccc(NC(=O)Nc2cccc(C(=O)Nc3cc(C(=O)Nc4ccc(S(=O)(=O)O)c5cc(S(=O)(=O)O)cc(S(=O)(=O)O)c45)ccc3C)c2)c1.[NH4+]. The molecule has 8 rings (SSSR count). The molecule has 0 spiro atoms. The Morgan fingerprint density at radius 2 is 0.632 bits per heavy atom. The van der Waals surface area contributed by atoms with Gasteiger partial charge in [-0.05, 0) is 134 Å². The number of rotatable bonds is 16. The Hall–Kier alpha value is -9.15. The molecule has 87 heavy (non-hydrogen) atoms. The number of nitrogens with one attached hydrogen (secondary N) is 6. The monoisotopic (exact) mass is 1310 g/mol. The summed E-state index contributed by atoms with van der Waals surface area (Å²) in [5.41, 5.74) is -0.385. The second kappa shape index (κ2) is 24.0. The number of anilines is 6. The van der Waals surface area contributed by atoms with E-state index in [0.29, 0.717) is 47.5 Å². The molecule has 0 bridgehead atoms. The van der Waals surface area contributed by atoms with Crippen molar-refractivity contribution in [1.29, 1.82) is 0 Å². The second-order valence-electron chi connectivity index (χ2n) is 18.4. The smallest absolute Gasteiger partial charge is 0.323 e. The molecule has 30 nitrogen and oxygen atoms in total. The molecular weight excluding hydrogens is 1270 g/mol. The van der Waals surface area contributed by atoms with Crippen molar-refractivity contribution in [3.05, 3.63) is 167 Å².